The fourth-order valence-corrected chi connectivity index (χ4v) is 9.08. The summed E-state index contributed by atoms with van der Waals surface area (Å²) in [5.74, 6) is -2.95. The average molecular weight is 485 g/mol. The SMILES string of the molecule is CC1=C(C)[C@H]([C@@H]2O[C@@]3(O)C[C@H]4[C@@H](CC=C5CC=CC(=O)[C@@]54C)[C@H]4CC[C@@](O)([C@H]2CO)[C@]43C)OC1=O. The molecular weight excluding hydrogens is 448 g/mol. The molecule has 3 N–H and O–H groups in total. The third-order valence-corrected chi connectivity index (χ3v) is 11.4. The van der Waals surface area contributed by atoms with Crippen molar-refractivity contribution >= 4 is 11.8 Å². The summed E-state index contributed by atoms with van der Waals surface area (Å²) in [6.07, 6.45) is 6.93. The Bertz CT molecular complexity index is 1100. The maximum atomic E-state index is 13.3. The van der Waals surface area contributed by atoms with Gasteiger partial charge in [-0.3, -0.25) is 4.79 Å². The third-order valence-electron chi connectivity index (χ3n) is 11.4. The summed E-state index contributed by atoms with van der Waals surface area (Å²) in [4.78, 5) is 25.7. The lowest BCUT2D eigenvalue weighted by molar-refractivity contribution is -0.416. The number of aliphatic hydroxyl groups excluding tert-OH is 1. The average Bonchev–Trinajstić information content (AvgIpc) is 3.24. The number of cyclic esters (lactones) is 1. The highest BCUT2D eigenvalue weighted by atomic mass is 16.7. The molecule has 4 aliphatic carbocycles. The molecule has 7 heteroatoms. The van der Waals surface area contributed by atoms with E-state index in [4.69, 9.17) is 9.47 Å². The van der Waals surface area contributed by atoms with Crippen molar-refractivity contribution in [2.45, 2.75) is 83.4 Å². The first-order valence-corrected chi connectivity index (χ1v) is 13.0. The van der Waals surface area contributed by atoms with Crippen molar-refractivity contribution in [2.75, 3.05) is 6.61 Å². The zero-order chi connectivity index (χ0) is 25.1. The molecule has 2 heterocycles. The molecule has 3 fully saturated rings. The molecule has 10 atom stereocenters. The summed E-state index contributed by atoms with van der Waals surface area (Å²) in [7, 11) is 0. The standard InChI is InChI=1S/C28H36O7/c1-14-15(2)24(31)34-22(14)23-20(13-29)27(32)11-10-18-17-9-8-16-6-5-7-21(30)25(16,3)19(17)12-28(33,35-23)26(18,27)4/h5,7-8,17-20,22-23,29,32-33H,6,9-13H2,1-4H3/t17-,18+,19-,20-,22+,23+,25-,26-,27+,28-/m0/s1. The summed E-state index contributed by atoms with van der Waals surface area (Å²) in [6.45, 7) is 7.04. The van der Waals surface area contributed by atoms with Crippen molar-refractivity contribution in [1.29, 1.82) is 0 Å². The summed E-state index contributed by atoms with van der Waals surface area (Å²) < 4.78 is 12.2. The first kappa shape index (κ1) is 23.6. The Morgan fingerprint density at radius 1 is 1.14 bits per heavy atom. The van der Waals surface area contributed by atoms with Gasteiger partial charge in [-0.2, -0.15) is 0 Å². The van der Waals surface area contributed by atoms with Crippen LogP contribution in [0.4, 0.5) is 0 Å². The molecule has 0 spiro atoms. The molecule has 0 aromatic carbocycles. The van der Waals surface area contributed by atoms with Gasteiger partial charge in [0.2, 0.25) is 0 Å². The minimum atomic E-state index is -1.74. The summed E-state index contributed by atoms with van der Waals surface area (Å²) >= 11 is 0. The van der Waals surface area contributed by atoms with E-state index in [1.807, 2.05) is 19.9 Å². The molecule has 6 aliphatic rings. The Morgan fingerprint density at radius 2 is 1.89 bits per heavy atom. The number of ether oxygens (including phenoxy) is 2. The van der Waals surface area contributed by atoms with Crippen LogP contribution in [-0.2, 0) is 19.1 Å². The highest BCUT2D eigenvalue weighted by molar-refractivity contribution is 5.98. The molecule has 0 amide bonds. The van der Waals surface area contributed by atoms with E-state index in [0.717, 1.165) is 18.4 Å². The second-order valence-corrected chi connectivity index (χ2v) is 12.2. The van der Waals surface area contributed by atoms with Gasteiger partial charge in [0.25, 0.3) is 0 Å². The Kier molecular flexibility index (Phi) is 4.82. The number of aliphatic hydroxyl groups is 3. The van der Waals surface area contributed by atoms with Crippen LogP contribution < -0.4 is 0 Å². The number of ketones is 1. The van der Waals surface area contributed by atoms with Crippen molar-refractivity contribution in [2.24, 2.45) is 34.5 Å². The van der Waals surface area contributed by atoms with Crippen molar-refractivity contribution in [3.05, 3.63) is 34.9 Å². The predicted molar refractivity (Wildman–Crippen MR) is 126 cm³/mol. The molecule has 1 saturated heterocycles. The minimum Gasteiger partial charge on any atom is -0.452 e. The summed E-state index contributed by atoms with van der Waals surface area (Å²) in [6, 6.07) is 0. The number of esters is 1. The molecule has 0 aromatic heterocycles. The van der Waals surface area contributed by atoms with E-state index in [1.165, 1.54) is 0 Å². The molecule has 0 bridgehead atoms. The van der Waals surface area contributed by atoms with E-state index in [0.29, 0.717) is 24.0 Å². The summed E-state index contributed by atoms with van der Waals surface area (Å²) in [5, 5.41) is 35.3. The molecule has 2 saturated carbocycles. The number of hydrogen-bond donors (Lipinski definition) is 3. The number of allylic oxidation sites excluding steroid dienone is 4. The molecule has 0 unspecified atom stereocenters. The van der Waals surface area contributed by atoms with Gasteiger partial charge in [0.1, 0.15) is 6.10 Å². The minimum absolute atomic E-state index is 0.0601. The van der Waals surface area contributed by atoms with Crippen molar-refractivity contribution in [1.82, 2.24) is 0 Å². The van der Waals surface area contributed by atoms with E-state index in [-0.39, 0.29) is 36.6 Å². The Balaban J connectivity index is 1.48. The zero-order valence-corrected chi connectivity index (χ0v) is 20.9. The second-order valence-electron chi connectivity index (χ2n) is 12.2. The van der Waals surface area contributed by atoms with Crippen LogP contribution in [-0.4, -0.2) is 57.3 Å². The monoisotopic (exact) mass is 484 g/mol. The van der Waals surface area contributed by atoms with Gasteiger partial charge in [0.05, 0.1) is 23.0 Å². The maximum absolute atomic E-state index is 13.3. The fourth-order valence-electron chi connectivity index (χ4n) is 9.08. The predicted octanol–water partition coefficient (Wildman–Crippen LogP) is 2.59. The van der Waals surface area contributed by atoms with Gasteiger partial charge in [-0.25, -0.2) is 4.79 Å². The van der Waals surface area contributed by atoms with Crippen LogP contribution in [0.15, 0.2) is 34.9 Å². The smallest absolute Gasteiger partial charge is 0.334 e. The quantitative estimate of drug-likeness (QED) is 0.408. The first-order valence-electron chi connectivity index (χ1n) is 13.0. The van der Waals surface area contributed by atoms with Gasteiger partial charge in [0, 0.05) is 17.9 Å². The highest BCUT2D eigenvalue weighted by Gasteiger charge is 2.79. The highest BCUT2D eigenvalue weighted by Crippen LogP contribution is 2.73. The number of fused-ring (bicyclic) bond motifs is 4. The number of rotatable bonds is 2. The van der Waals surface area contributed by atoms with Gasteiger partial charge in [-0.1, -0.05) is 24.6 Å². The van der Waals surface area contributed by atoms with Crippen LogP contribution in [0.1, 0.15) is 59.8 Å². The van der Waals surface area contributed by atoms with Gasteiger partial charge in [-0.05, 0) is 75.9 Å². The van der Waals surface area contributed by atoms with E-state index in [1.54, 1.807) is 19.9 Å². The molecular formula is C28H36O7. The lowest BCUT2D eigenvalue weighted by atomic mass is 9.43. The van der Waals surface area contributed by atoms with Gasteiger partial charge < -0.3 is 24.8 Å². The number of hydrogen-bond acceptors (Lipinski definition) is 7. The zero-order valence-electron chi connectivity index (χ0n) is 20.9. The molecule has 35 heavy (non-hydrogen) atoms. The molecule has 2 aliphatic heterocycles. The number of carbonyl (C=O) groups is 2. The molecule has 7 nitrogen and oxygen atoms in total. The molecule has 6 rings (SSSR count). The fraction of sp³-hybridized carbons (Fsp3) is 0.714. The van der Waals surface area contributed by atoms with Crippen LogP contribution in [0.2, 0.25) is 0 Å². The Morgan fingerprint density at radius 3 is 2.54 bits per heavy atom. The maximum Gasteiger partial charge on any atom is 0.334 e. The van der Waals surface area contributed by atoms with E-state index in [9.17, 15) is 24.9 Å². The van der Waals surface area contributed by atoms with Gasteiger partial charge in [-0.15, -0.1) is 0 Å². The third kappa shape index (κ3) is 2.56. The summed E-state index contributed by atoms with van der Waals surface area (Å²) in [5.41, 5.74) is -0.861. The van der Waals surface area contributed by atoms with E-state index >= 15 is 0 Å². The largest absolute Gasteiger partial charge is 0.452 e. The van der Waals surface area contributed by atoms with Crippen molar-refractivity contribution in [3.8, 4) is 0 Å². The van der Waals surface area contributed by atoms with Crippen LogP contribution in [0, 0.1) is 34.5 Å². The van der Waals surface area contributed by atoms with Crippen molar-refractivity contribution in [3.63, 3.8) is 0 Å². The van der Waals surface area contributed by atoms with E-state index < -0.39 is 46.3 Å². The van der Waals surface area contributed by atoms with Gasteiger partial charge in [0.15, 0.2) is 17.7 Å². The molecule has 0 radical (unpaired) electrons. The second kappa shape index (κ2) is 7.15. The van der Waals surface area contributed by atoms with Gasteiger partial charge >= 0.3 is 5.97 Å². The van der Waals surface area contributed by atoms with Crippen molar-refractivity contribution < 1.29 is 34.4 Å². The topological polar surface area (TPSA) is 113 Å². The number of carbonyl (C=O) groups excluding carboxylic acids is 2. The molecule has 0 aromatic rings. The normalized spacial score (nSPS) is 52.6. The lowest BCUT2D eigenvalue weighted by Gasteiger charge is -2.67. The van der Waals surface area contributed by atoms with Crippen LogP contribution in [0.3, 0.4) is 0 Å². The van der Waals surface area contributed by atoms with Crippen LogP contribution in [0.25, 0.3) is 0 Å². The first-order chi connectivity index (χ1) is 16.4. The lowest BCUT2D eigenvalue weighted by Crippen LogP contribution is -2.76. The Labute approximate surface area is 205 Å². The Hall–Kier alpha value is -1.80. The van der Waals surface area contributed by atoms with Crippen LogP contribution in [0.5, 0.6) is 0 Å². The molecule has 190 valence electrons. The van der Waals surface area contributed by atoms with Crippen LogP contribution >= 0.6 is 0 Å². The van der Waals surface area contributed by atoms with E-state index in [2.05, 4.69) is 6.08 Å².